The summed E-state index contributed by atoms with van der Waals surface area (Å²) in [6.45, 7) is 6.13. The molecule has 1 aromatic carbocycles. The predicted molar refractivity (Wildman–Crippen MR) is 78.9 cm³/mol. The molecule has 18 heavy (non-hydrogen) atoms. The van der Waals surface area contributed by atoms with E-state index >= 15 is 0 Å². The zero-order valence-electron chi connectivity index (χ0n) is 11.0. The summed E-state index contributed by atoms with van der Waals surface area (Å²) in [6, 6.07) is 5.94. The van der Waals surface area contributed by atoms with Crippen molar-refractivity contribution in [2.24, 2.45) is 4.99 Å². The minimum atomic E-state index is 0.802. The van der Waals surface area contributed by atoms with Crippen molar-refractivity contribution >= 4 is 23.1 Å². The number of halogens is 1. The van der Waals surface area contributed by atoms with Gasteiger partial charge in [-0.25, -0.2) is 4.99 Å². The normalized spacial score (nSPS) is 18.2. The summed E-state index contributed by atoms with van der Waals surface area (Å²) in [5.41, 5.74) is 2.08. The van der Waals surface area contributed by atoms with Crippen LogP contribution in [0.25, 0.3) is 0 Å². The lowest BCUT2D eigenvalue weighted by molar-refractivity contribution is 0.502. The minimum Gasteiger partial charge on any atom is -0.356 e. The van der Waals surface area contributed by atoms with Gasteiger partial charge in [-0.2, -0.15) is 0 Å². The molecular weight excluding hydrogens is 244 g/mol. The molecule has 2 rings (SSSR count). The van der Waals surface area contributed by atoms with Gasteiger partial charge in [0.25, 0.3) is 0 Å². The van der Waals surface area contributed by atoms with Gasteiger partial charge >= 0.3 is 0 Å². The molecule has 1 aromatic rings. The highest BCUT2D eigenvalue weighted by molar-refractivity contribution is 6.31. The second kappa shape index (κ2) is 6.05. The van der Waals surface area contributed by atoms with Crippen LogP contribution in [0.5, 0.6) is 0 Å². The van der Waals surface area contributed by atoms with Gasteiger partial charge in [-0.15, -0.1) is 0 Å². The molecule has 0 spiro atoms. The number of hydrogen-bond donors (Lipinski definition) is 0. The maximum absolute atomic E-state index is 6.03. The highest BCUT2D eigenvalue weighted by atomic mass is 35.5. The van der Waals surface area contributed by atoms with Gasteiger partial charge in [0.05, 0.1) is 5.69 Å². The molecular formula is C15H19ClN2. The van der Waals surface area contributed by atoms with Crippen LogP contribution < -0.4 is 0 Å². The number of hydrogen-bond acceptors (Lipinski definition) is 1. The number of likely N-dealkylation sites (tertiary alicyclic amines) is 1. The molecule has 0 atom stereocenters. The molecule has 0 saturated carbocycles. The Morgan fingerprint density at radius 3 is 3.00 bits per heavy atom. The molecule has 1 saturated heterocycles. The summed E-state index contributed by atoms with van der Waals surface area (Å²) < 4.78 is 0. The molecule has 1 aliphatic rings. The van der Waals surface area contributed by atoms with Crippen LogP contribution >= 0.6 is 11.6 Å². The van der Waals surface area contributed by atoms with Gasteiger partial charge in [-0.05, 0) is 44.0 Å². The van der Waals surface area contributed by atoms with Crippen molar-refractivity contribution in [1.82, 2.24) is 4.90 Å². The first-order valence-electron chi connectivity index (χ1n) is 6.40. The molecule has 0 aliphatic carbocycles. The van der Waals surface area contributed by atoms with Crippen LogP contribution in [0.2, 0.25) is 5.02 Å². The van der Waals surface area contributed by atoms with E-state index in [9.17, 15) is 0 Å². The predicted octanol–water partition coefficient (Wildman–Crippen LogP) is 4.35. The molecule has 96 valence electrons. The maximum atomic E-state index is 6.03. The number of rotatable bonds is 3. The van der Waals surface area contributed by atoms with Crippen LogP contribution in [0.15, 0.2) is 35.3 Å². The fourth-order valence-electron chi connectivity index (χ4n) is 2.12. The van der Waals surface area contributed by atoms with E-state index in [1.54, 1.807) is 0 Å². The largest absolute Gasteiger partial charge is 0.356 e. The molecule has 1 aliphatic heterocycles. The van der Waals surface area contributed by atoms with E-state index in [-0.39, 0.29) is 0 Å². The van der Waals surface area contributed by atoms with Crippen molar-refractivity contribution in [3.8, 4) is 0 Å². The molecule has 0 bridgehead atoms. The average molecular weight is 263 g/mol. The maximum Gasteiger partial charge on any atom is 0.105 e. The molecule has 0 radical (unpaired) electrons. The van der Waals surface area contributed by atoms with E-state index in [1.165, 1.54) is 12.3 Å². The van der Waals surface area contributed by atoms with Crippen LogP contribution in [0.3, 0.4) is 0 Å². The molecule has 3 heteroatoms. The lowest BCUT2D eigenvalue weighted by atomic mass is 10.2. The van der Waals surface area contributed by atoms with E-state index in [0.717, 1.165) is 35.8 Å². The summed E-state index contributed by atoms with van der Waals surface area (Å²) in [7, 11) is 0. The lowest BCUT2D eigenvalue weighted by Crippen LogP contribution is -2.24. The second-order valence-corrected chi connectivity index (χ2v) is 4.99. The van der Waals surface area contributed by atoms with Crippen molar-refractivity contribution in [2.45, 2.75) is 26.7 Å². The molecule has 0 unspecified atom stereocenters. The third kappa shape index (κ3) is 3.14. The number of amidine groups is 1. The molecule has 0 amide bonds. The summed E-state index contributed by atoms with van der Waals surface area (Å²) >= 11 is 6.03. The molecule has 2 nitrogen and oxygen atoms in total. The first kappa shape index (κ1) is 13.2. The number of nitrogens with zero attached hydrogens (tertiary/aromatic N) is 2. The highest BCUT2D eigenvalue weighted by Crippen LogP contribution is 2.23. The number of aryl methyl sites for hydroxylation is 1. The van der Waals surface area contributed by atoms with E-state index in [0.29, 0.717) is 0 Å². The molecule has 1 fully saturated rings. The van der Waals surface area contributed by atoms with Crippen molar-refractivity contribution in [3.05, 3.63) is 40.9 Å². The van der Waals surface area contributed by atoms with Gasteiger partial charge < -0.3 is 4.90 Å². The Morgan fingerprint density at radius 2 is 2.28 bits per heavy atom. The number of aliphatic imine (C=N–C) groups is 1. The standard InChI is InChI=1S/C15H19ClN2/c1-3-4-9-18-10-5-6-15(18)17-13-7-8-14(16)12(2)11-13/h3-4,7-8,11H,5-6,9-10H2,1-2H3/b4-3+,17-15?. The SMILES string of the molecule is C/C=C/CN1CCCC1=Nc1ccc(Cl)c(C)c1. The third-order valence-corrected chi connectivity index (χ3v) is 3.58. The zero-order valence-corrected chi connectivity index (χ0v) is 11.7. The Morgan fingerprint density at radius 1 is 1.44 bits per heavy atom. The fourth-order valence-corrected chi connectivity index (χ4v) is 2.24. The van der Waals surface area contributed by atoms with Crippen molar-refractivity contribution in [2.75, 3.05) is 13.1 Å². The quantitative estimate of drug-likeness (QED) is 0.740. The lowest BCUT2D eigenvalue weighted by Gasteiger charge is -2.16. The van der Waals surface area contributed by atoms with Crippen LogP contribution in [0.4, 0.5) is 5.69 Å². The van der Waals surface area contributed by atoms with E-state index < -0.39 is 0 Å². The smallest absolute Gasteiger partial charge is 0.105 e. The first-order valence-corrected chi connectivity index (χ1v) is 6.78. The van der Waals surface area contributed by atoms with Crippen molar-refractivity contribution in [3.63, 3.8) is 0 Å². The van der Waals surface area contributed by atoms with Crippen LogP contribution in [-0.4, -0.2) is 23.8 Å². The van der Waals surface area contributed by atoms with Crippen molar-refractivity contribution < 1.29 is 0 Å². The molecule has 1 heterocycles. The summed E-state index contributed by atoms with van der Waals surface area (Å²) in [5.74, 6) is 1.19. The fraction of sp³-hybridized carbons (Fsp3) is 0.400. The van der Waals surface area contributed by atoms with Crippen LogP contribution in [0, 0.1) is 6.92 Å². The van der Waals surface area contributed by atoms with Gasteiger partial charge in [0.15, 0.2) is 0 Å². The monoisotopic (exact) mass is 262 g/mol. The van der Waals surface area contributed by atoms with Gasteiger partial charge in [-0.1, -0.05) is 23.8 Å². The zero-order chi connectivity index (χ0) is 13.0. The molecule has 0 N–H and O–H groups in total. The van der Waals surface area contributed by atoms with Gasteiger partial charge in [0.1, 0.15) is 5.84 Å². The Balaban J connectivity index is 2.18. The summed E-state index contributed by atoms with van der Waals surface area (Å²) in [4.78, 5) is 7.08. The van der Waals surface area contributed by atoms with E-state index in [4.69, 9.17) is 16.6 Å². The topological polar surface area (TPSA) is 15.6 Å². The van der Waals surface area contributed by atoms with Crippen LogP contribution in [-0.2, 0) is 0 Å². The highest BCUT2D eigenvalue weighted by Gasteiger charge is 2.17. The van der Waals surface area contributed by atoms with E-state index in [1.807, 2.05) is 25.1 Å². The second-order valence-electron chi connectivity index (χ2n) is 4.58. The Kier molecular flexibility index (Phi) is 4.43. The minimum absolute atomic E-state index is 0.802. The average Bonchev–Trinajstić information content (AvgIpc) is 2.79. The van der Waals surface area contributed by atoms with Crippen molar-refractivity contribution in [1.29, 1.82) is 0 Å². The summed E-state index contributed by atoms with van der Waals surface area (Å²) in [6.07, 6.45) is 6.53. The van der Waals surface area contributed by atoms with Gasteiger partial charge in [0.2, 0.25) is 0 Å². The first-order chi connectivity index (χ1) is 8.70. The number of allylic oxidation sites excluding steroid dienone is 1. The van der Waals surface area contributed by atoms with E-state index in [2.05, 4.69) is 24.0 Å². The number of benzene rings is 1. The summed E-state index contributed by atoms with van der Waals surface area (Å²) in [5, 5.41) is 0.802. The third-order valence-electron chi connectivity index (χ3n) is 3.15. The van der Waals surface area contributed by atoms with Gasteiger partial charge in [-0.3, -0.25) is 0 Å². The molecule has 0 aromatic heterocycles. The Hall–Kier alpha value is -1.28. The van der Waals surface area contributed by atoms with Crippen LogP contribution in [0.1, 0.15) is 25.3 Å². The Labute approximate surface area is 114 Å². The van der Waals surface area contributed by atoms with Gasteiger partial charge in [0, 0.05) is 24.5 Å². The Bertz CT molecular complexity index is 477.